The Bertz CT molecular complexity index is 499. The number of hydrogen-bond donors (Lipinski definition) is 1. The molecule has 0 saturated carbocycles. The predicted molar refractivity (Wildman–Crippen MR) is 70.9 cm³/mol. The molecule has 0 bridgehead atoms. The quantitative estimate of drug-likeness (QED) is 0.825. The number of benzene rings is 1. The minimum atomic E-state index is -2.84. The van der Waals surface area contributed by atoms with Crippen LogP contribution in [0.4, 0.5) is 11.4 Å². The number of sulfone groups is 1. The summed E-state index contributed by atoms with van der Waals surface area (Å²) in [5.74, 6) is 0.562. The Morgan fingerprint density at radius 2 is 2.24 bits per heavy atom. The third kappa shape index (κ3) is 2.72. The molecule has 5 heteroatoms. The highest BCUT2D eigenvalue weighted by Gasteiger charge is 2.31. The first-order chi connectivity index (χ1) is 8.02. The van der Waals surface area contributed by atoms with E-state index in [4.69, 9.17) is 5.73 Å². The molecule has 94 valence electrons. The van der Waals surface area contributed by atoms with Crippen LogP contribution in [-0.4, -0.2) is 32.5 Å². The Balaban J connectivity index is 2.23. The molecule has 1 unspecified atom stereocenters. The van der Waals surface area contributed by atoms with Crippen LogP contribution in [0.2, 0.25) is 0 Å². The third-order valence-corrected chi connectivity index (χ3v) is 4.94. The lowest BCUT2D eigenvalue weighted by Crippen LogP contribution is -2.36. The number of hydrogen-bond acceptors (Lipinski definition) is 4. The van der Waals surface area contributed by atoms with Crippen LogP contribution in [0.3, 0.4) is 0 Å². The fraction of sp³-hybridized carbons (Fsp3) is 0.500. The standard InChI is InChI=1S/C12H18N2O2S/c1-2-14(11-5-3-4-10(13)8-11)12-6-7-17(15,16)9-12/h3-5,8,12H,2,6-7,9,13H2,1H3. The molecule has 2 N–H and O–H groups in total. The maximum atomic E-state index is 11.5. The lowest BCUT2D eigenvalue weighted by molar-refractivity contribution is 0.600. The zero-order valence-corrected chi connectivity index (χ0v) is 10.8. The average Bonchev–Trinajstić information content (AvgIpc) is 2.60. The minimum Gasteiger partial charge on any atom is -0.399 e. The van der Waals surface area contributed by atoms with Gasteiger partial charge < -0.3 is 10.6 Å². The summed E-state index contributed by atoms with van der Waals surface area (Å²) in [4.78, 5) is 2.13. The van der Waals surface area contributed by atoms with E-state index in [0.29, 0.717) is 17.9 Å². The van der Waals surface area contributed by atoms with E-state index in [0.717, 1.165) is 12.2 Å². The fourth-order valence-corrected chi connectivity index (χ4v) is 4.11. The van der Waals surface area contributed by atoms with Crippen molar-refractivity contribution in [3.63, 3.8) is 0 Å². The molecule has 2 rings (SSSR count). The number of nitrogen functional groups attached to an aromatic ring is 1. The van der Waals surface area contributed by atoms with E-state index in [1.54, 1.807) is 0 Å². The maximum absolute atomic E-state index is 11.5. The second-order valence-electron chi connectivity index (χ2n) is 4.44. The molecule has 0 aliphatic carbocycles. The second kappa shape index (κ2) is 4.56. The van der Waals surface area contributed by atoms with Crippen LogP contribution in [-0.2, 0) is 9.84 Å². The summed E-state index contributed by atoms with van der Waals surface area (Å²) in [6.45, 7) is 2.83. The lowest BCUT2D eigenvalue weighted by Gasteiger charge is -2.29. The third-order valence-electron chi connectivity index (χ3n) is 3.19. The van der Waals surface area contributed by atoms with E-state index in [1.165, 1.54) is 0 Å². The van der Waals surface area contributed by atoms with Gasteiger partial charge in [0.1, 0.15) is 0 Å². The molecule has 1 atom stereocenters. The zero-order valence-electron chi connectivity index (χ0n) is 9.96. The van der Waals surface area contributed by atoms with Gasteiger partial charge in [-0.1, -0.05) is 6.07 Å². The molecule has 1 aliphatic heterocycles. The van der Waals surface area contributed by atoms with E-state index in [9.17, 15) is 8.42 Å². The highest BCUT2D eigenvalue weighted by molar-refractivity contribution is 7.91. The highest BCUT2D eigenvalue weighted by Crippen LogP contribution is 2.25. The predicted octanol–water partition coefficient (Wildman–Crippen LogP) is 1.28. The molecule has 0 radical (unpaired) electrons. The van der Waals surface area contributed by atoms with Crippen LogP contribution >= 0.6 is 0 Å². The summed E-state index contributed by atoms with van der Waals surface area (Å²) in [5, 5.41) is 0. The molecule has 1 heterocycles. The molecule has 1 aliphatic rings. The minimum absolute atomic E-state index is 0.0896. The molecular formula is C12H18N2O2S. The second-order valence-corrected chi connectivity index (χ2v) is 6.67. The van der Waals surface area contributed by atoms with Crippen LogP contribution in [0.25, 0.3) is 0 Å². The summed E-state index contributed by atoms with van der Waals surface area (Å²) in [6.07, 6.45) is 0.713. The number of nitrogens with two attached hydrogens (primary N) is 1. The fourth-order valence-electron chi connectivity index (χ4n) is 2.38. The van der Waals surface area contributed by atoms with Gasteiger partial charge in [-0.05, 0) is 31.5 Å². The van der Waals surface area contributed by atoms with E-state index in [-0.39, 0.29) is 11.8 Å². The van der Waals surface area contributed by atoms with Crippen molar-refractivity contribution in [2.24, 2.45) is 0 Å². The van der Waals surface area contributed by atoms with Crippen LogP contribution < -0.4 is 10.6 Å². The molecule has 1 aromatic carbocycles. The van der Waals surface area contributed by atoms with E-state index in [1.807, 2.05) is 31.2 Å². The Morgan fingerprint density at radius 3 is 2.76 bits per heavy atom. The Kier molecular flexibility index (Phi) is 3.28. The molecule has 0 spiro atoms. The van der Waals surface area contributed by atoms with E-state index < -0.39 is 9.84 Å². The molecule has 17 heavy (non-hydrogen) atoms. The molecule has 1 saturated heterocycles. The summed E-state index contributed by atoms with van der Waals surface area (Å²) >= 11 is 0. The monoisotopic (exact) mass is 254 g/mol. The van der Waals surface area contributed by atoms with Crippen molar-refractivity contribution in [2.45, 2.75) is 19.4 Å². The Hall–Kier alpha value is -1.23. The van der Waals surface area contributed by atoms with Gasteiger partial charge in [0, 0.05) is 24.0 Å². The van der Waals surface area contributed by atoms with Crippen molar-refractivity contribution >= 4 is 21.2 Å². The first kappa shape index (κ1) is 12.2. The first-order valence-electron chi connectivity index (χ1n) is 5.84. The van der Waals surface area contributed by atoms with Crippen molar-refractivity contribution in [3.05, 3.63) is 24.3 Å². The van der Waals surface area contributed by atoms with Crippen molar-refractivity contribution in [3.8, 4) is 0 Å². The smallest absolute Gasteiger partial charge is 0.152 e. The van der Waals surface area contributed by atoms with Crippen LogP contribution in [0.15, 0.2) is 24.3 Å². The van der Waals surface area contributed by atoms with Gasteiger partial charge >= 0.3 is 0 Å². The lowest BCUT2D eigenvalue weighted by atomic mass is 10.2. The van der Waals surface area contributed by atoms with Crippen molar-refractivity contribution in [1.82, 2.24) is 0 Å². The van der Waals surface area contributed by atoms with Gasteiger partial charge in [-0.15, -0.1) is 0 Å². The molecular weight excluding hydrogens is 236 g/mol. The SMILES string of the molecule is CCN(c1cccc(N)c1)C1CCS(=O)(=O)C1. The van der Waals surface area contributed by atoms with Gasteiger partial charge in [0.05, 0.1) is 11.5 Å². The van der Waals surface area contributed by atoms with Gasteiger partial charge in [-0.25, -0.2) is 8.42 Å². The number of nitrogens with zero attached hydrogens (tertiary/aromatic N) is 1. The summed E-state index contributed by atoms with van der Waals surface area (Å²) in [6, 6.07) is 7.70. The summed E-state index contributed by atoms with van der Waals surface area (Å²) < 4.78 is 23.0. The van der Waals surface area contributed by atoms with Gasteiger partial charge in [0.25, 0.3) is 0 Å². The van der Waals surface area contributed by atoms with Crippen LogP contribution in [0, 0.1) is 0 Å². The molecule has 0 aromatic heterocycles. The zero-order chi connectivity index (χ0) is 12.5. The van der Waals surface area contributed by atoms with Crippen LogP contribution in [0.1, 0.15) is 13.3 Å². The molecule has 0 amide bonds. The molecule has 4 nitrogen and oxygen atoms in total. The largest absolute Gasteiger partial charge is 0.399 e. The van der Waals surface area contributed by atoms with Crippen molar-refractivity contribution in [1.29, 1.82) is 0 Å². The van der Waals surface area contributed by atoms with Gasteiger partial charge in [0.15, 0.2) is 9.84 Å². The highest BCUT2D eigenvalue weighted by atomic mass is 32.2. The number of rotatable bonds is 3. The average molecular weight is 254 g/mol. The molecule has 1 fully saturated rings. The summed E-state index contributed by atoms with van der Waals surface area (Å²) in [5.41, 5.74) is 7.48. The van der Waals surface area contributed by atoms with Crippen molar-refractivity contribution in [2.75, 3.05) is 28.7 Å². The van der Waals surface area contributed by atoms with Gasteiger partial charge in [-0.2, -0.15) is 0 Å². The Labute approximate surface area is 102 Å². The van der Waals surface area contributed by atoms with Gasteiger partial charge in [-0.3, -0.25) is 0 Å². The first-order valence-corrected chi connectivity index (χ1v) is 7.66. The van der Waals surface area contributed by atoms with Crippen molar-refractivity contribution < 1.29 is 8.42 Å². The Morgan fingerprint density at radius 1 is 1.47 bits per heavy atom. The number of anilines is 2. The van der Waals surface area contributed by atoms with E-state index in [2.05, 4.69) is 4.90 Å². The maximum Gasteiger partial charge on any atom is 0.152 e. The normalized spacial score (nSPS) is 22.5. The molecule has 1 aromatic rings. The van der Waals surface area contributed by atoms with Crippen LogP contribution in [0.5, 0.6) is 0 Å². The van der Waals surface area contributed by atoms with Gasteiger partial charge in [0.2, 0.25) is 0 Å². The van der Waals surface area contributed by atoms with E-state index >= 15 is 0 Å². The summed E-state index contributed by atoms with van der Waals surface area (Å²) in [7, 11) is -2.84. The topological polar surface area (TPSA) is 63.4 Å².